The Morgan fingerprint density at radius 1 is 1.25 bits per heavy atom. The zero-order chi connectivity index (χ0) is 15.3. The fraction of sp³-hybridized carbons (Fsp3) is 0.429. The molecular formula is C14H18NO5-. The third-order valence-corrected chi connectivity index (χ3v) is 2.91. The smallest absolute Gasteiger partial charge is 0.217 e. The van der Waals surface area contributed by atoms with Crippen LogP contribution < -0.4 is 19.9 Å². The molecule has 0 saturated heterocycles. The molecule has 6 nitrogen and oxygen atoms in total. The molecule has 0 aliphatic heterocycles. The van der Waals surface area contributed by atoms with Crippen molar-refractivity contribution in [1.29, 1.82) is 0 Å². The molecule has 1 amide bonds. The fourth-order valence-corrected chi connectivity index (χ4v) is 1.95. The van der Waals surface area contributed by atoms with Gasteiger partial charge < -0.3 is 24.7 Å². The predicted molar refractivity (Wildman–Crippen MR) is 70.5 cm³/mol. The molecule has 0 saturated carbocycles. The lowest BCUT2D eigenvalue weighted by atomic mass is 9.92. The number of hydrogen-bond donors (Lipinski definition) is 1. The van der Waals surface area contributed by atoms with Gasteiger partial charge in [-0.1, -0.05) is 6.07 Å². The summed E-state index contributed by atoms with van der Waals surface area (Å²) in [6.07, 6.45) is 0.0786. The number of nitrogens with one attached hydrogen (secondary N) is 1. The predicted octanol–water partition coefficient (Wildman–Crippen LogP) is -0.109. The highest BCUT2D eigenvalue weighted by Crippen LogP contribution is 2.29. The first-order chi connectivity index (χ1) is 9.32. The lowest BCUT2D eigenvalue weighted by Gasteiger charge is -2.31. The van der Waals surface area contributed by atoms with Gasteiger partial charge in [0.1, 0.15) is 0 Å². The van der Waals surface area contributed by atoms with Crippen LogP contribution in [0.2, 0.25) is 0 Å². The van der Waals surface area contributed by atoms with Gasteiger partial charge in [0.15, 0.2) is 11.5 Å². The van der Waals surface area contributed by atoms with Crippen molar-refractivity contribution in [3.63, 3.8) is 0 Å². The summed E-state index contributed by atoms with van der Waals surface area (Å²) in [5.74, 6) is -0.737. The summed E-state index contributed by atoms with van der Waals surface area (Å²) < 4.78 is 10.3. The van der Waals surface area contributed by atoms with Crippen molar-refractivity contribution < 1.29 is 24.2 Å². The van der Waals surface area contributed by atoms with Crippen molar-refractivity contribution >= 4 is 11.9 Å². The van der Waals surface area contributed by atoms with Crippen LogP contribution in [0.3, 0.4) is 0 Å². The molecular weight excluding hydrogens is 262 g/mol. The number of aliphatic carboxylic acids is 1. The van der Waals surface area contributed by atoms with E-state index in [2.05, 4.69) is 5.32 Å². The second-order valence-corrected chi connectivity index (χ2v) is 4.67. The van der Waals surface area contributed by atoms with Gasteiger partial charge in [-0.3, -0.25) is 4.79 Å². The molecule has 0 radical (unpaired) electrons. The molecule has 1 N–H and O–H groups in total. The average molecular weight is 280 g/mol. The van der Waals surface area contributed by atoms with Crippen LogP contribution >= 0.6 is 0 Å². The molecule has 0 spiro atoms. The molecule has 20 heavy (non-hydrogen) atoms. The van der Waals surface area contributed by atoms with Gasteiger partial charge in [0.05, 0.1) is 25.7 Å². The quantitative estimate of drug-likeness (QED) is 0.785. The van der Waals surface area contributed by atoms with Gasteiger partial charge in [-0.05, 0) is 24.6 Å². The maximum absolute atomic E-state index is 11.3. The zero-order valence-electron chi connectivity index (χ0n) is 12.0. The van der Waals surface area contributed by atoms with E-state index in [-0.39, 0.29) is 6.42 Å². The number of carbonyl (C=O) groups excluding carboxylic acids is 2. The first kappa shape index (κ1) is 15.8. The lowest BCUT2D eigenvalue weighted by molar-refractivity contribution is -0.313. The Kier molecular flexibility index (Phi) is 4.96. The van der Waals surface area contributed by atoms with E-state index in [0.717, 1.165) is 0 Å². The van der Waals surface area contributed by atoms with Crippen LogP contribution in [0.15, 0.2) is 18.2 Å². The highest BCUT2D eigenvalue weighted by atomic mass is 16.5. The largest absolute Gasteiger partial charge is 0.548 e. The van der Waals surface area contributed by atoms with Gasteiger partial charge in [-0.15, -0.1) is 0 Å². The van der Waals surface area contributed by atoms with Crippen molar-refractivity contribution in [2.45, 2.75) is 25.8 Å². The van der Waals surface area contributed by atoms with Crippen molar-refractivity contribution in [2.75, 3.05) is 14.2 Å². The standard InChI is InChI=1S/C14H19NO5/c1-9(16)15-14(2,13(17)18)8-10-5-6-11(19-3)12(7-10)20-4/h5-7H,8H2,1-4H3,(H,15,16)(H,17,18)/p-1/t14-/m1/s1. The molecule has 1 atom stereocenters. The van der Waals surface area contributed by atoms with Gasteiger partial charge in [0, 0.05) is 13.3 Å². The lowest BCUT2D eigenvalue weighted by Crippen LogP contribution is -2.58. The van der Waals surface area contributed by atoms with Crippen molar-refractivity contribution in [3.8, 4) is 11.5 Å². The molecule has 0 unspecified atom stereocenters. The van der Waals surface area contributed by atoms with Gasteiger partial charge in [-0.2, -0.15) is 0 Å². The van der Waals surface area contributed by atoms with E-state index in [4.69, 9.17) is 9.47 Å². The summed E-state index contributed by atoms with van der Waals surface area (Å²) in [7, 11) is 3.01. The molecule has 0 fully saturated rings. The minimum Gasteiger partial charge on any atom is -0.548 e. The fourth-order valence-electron chi connectivity index (χ4n) is 1.95. The number of ether oxygens (including phenoxy) is 2. The topological polar surface area (TPSA) is 87.7 Å². The van der Waals surface area contributed by atoms with Crippen LogP contribution in [0.25, 0.3) is 0 Å². The van der Waals surface area contributed by atoms with Crippen molar-refractivity contribution in [1.82, 2.24) is 5.32 Å². The SMILES string of the molecule is COc1ccc(C[C@@](C)(NC(C)=O)C(=O)[O-])cc1OC. The Morgan fingerprint density at radius 2 is 1.85 bits per heavy atom. The Hall–Kier alpha value is -2.24. The normalized spacial score (nSPS) is 13.2. The monoisotopic (exact) mass is 280 g/mol. The number of carboxylic acid groups (broad SMARTS) is 1. The van der Waals surface area contributed by atoms with E-state index in [1.54, 1.807) is 18.2 Å². The molecule has 0 aromatic heterocycles. The Morgan fingerprint density at radius 3 is 2.30 bits per heavy atom. The Labute approximate surface area is 117 Å². The summed E-state index contributed by atoms with van der Waals surface area (Å²) in [6.45, 7) is 2.66. The minimum atomic E-state index is -1.48. The number of hydrogen-bond acceptors (Lipinski definition) is 5. The second kappa shape index (κ2) is 6.27. The summed E-state index contributed by atoms with van der Waals surface area (Å²) in [6, 6.07) is 5.06. The maximum atomic E-state index is 11.3. The van der Waals surface area contributed by atoms with Gasteiger partial charge in [0.25, 0.3) is 0 Å². The van der Waals surface area contributed by atoms with Gasteiger partial charge in [-0.25, -0.2) is 0 Å². The van der Waals surface area contributed by atoms with Crippen LogP contribution in [-0.4, -0.2) is 31.6 Å². The first-order valence-corrected chi connectivity index (χ1v) is 6.03. The third kappa shape index (κ3) is 3.63. The summed E-state index contributed by atoms with van der Waals surface area (Å²) >= 11 is 0. The van der Waals surface area contributed by atoms with Gasteiger partial charge >= 0.3 is 0 Å². The number of carbonyl (C=O) groups is 2. The minimum absolute atomic E-state index is 0.0786. The number of rotatable bonds is 6. The highest BCUT2D eigenvalue weighted by molar-refractivity contribution is 5.84. The van der Waals surface area contributed by atoms with Crippen LogP contribution in [0.1, 0.15) is 19.4 Å². The zero-order valence-corrected chi connectivity index (χ0v) is 12.0. The van der Waals surface area contributed by atoms with Crippen LogP contribution in [-0.2, 0) is 16.0 Å². The summed E-state index contributed by atoms with van der Waals surface area (Å²) in [4.78, 5) is 22.4. The van der Waals surface area contributed by atoms with Crippen LogP contribution in [0, 0.1) is 0 Å². The molecule has 0 aliphatic carbocycles. The average Bonchev–Trinajstić information content (AvgIpc) is 2.37. The van der Waals surface area contributed by atoms with Crippen molar-refractivity contribution in [3.05, 3.63) is 23.8 Å². The van der Waals surface area contributed by atoms with E-state index in [9.17, 15) is 14.7 Å². The van der Waals surface area contributed by atoms with Gasteiger partial charge in [0.2, 0.25) is 5.91 Å². The van der Waals surface area contributed by atoms with E-state index in [1.165, 1.54) is 28.1 Å². The Balaban J connectivity index is 3.06. The van der Waals surface area contributed by atoms with Crippen molar-refractivity contribution in [2.24, 2.45) is 0 Å². The summed E-state index contributed by atoms with van der Waals surface area (Å²) in [5, 5.41) is 13.7. The number of amides is 1. The first-order valence-electron chi connectivity index (χ1n) is 6.03. The number of benzene rings is 1. The van der Waals surface area contributed by atoms with E-state index < -0.39 is 17.4 Å². The summed E-state index contributed by atoms with van der Waals surface area (Å²) in [5.41, 5.74) is -0.797. The Bertz CT molecular complexity index is 514. The molecule has 110 valence electrons. The van der Waals surface area contributed by atoms with E-state index in [0.29, 0.717) is 17.1 Å². The molecule has 1 rings (SSSR count). The number of methoxy groups -OCH3 is 2. The maximum Gasteiger partial charge on any atom is 0.217 e. The third-order valence-electron chi connectivity index (χ3n) is 2.91. The molecule has 0 aliphatic rings. The molecule has 6 heteroatoms. The molecule has 0 bridgehead atoms. The second-order valence-electron chi connectivity index (χ2n) is 4.67. The molecule has 1 aromatic carbocycles. The van der Waals surface area contributed by atoms with E-state index >= 15 is 0 Å². The highest BCUT2D eigenvalue weighted by Gasteiger charge is 2.27. The molecule has 1 aromatic rings. The molecule has 0 heterocycles. The number of carboxylic acids is 1. The van der Waals surface area contributed by atoms with E-state index in [1.807, 2.05) is 0 Å². The van der Waals surface area contributed by atoms with Crippen LogP contribution in [0.4, 0.5) is 0 Å². The van der Waals surface area contributed by atoms with Crippen LogP contribution in [0.5, 0.6) is 11.5 Å².